The molecule has 0 radical (unpaired) electrons. The molecule has 244 valence electrons. The first kappa shape index (κ1) is 33.7. The largest absolute Gasteiger partial charge is 0.439 e. The molecule has 0 spiro atoms. The van der Waals surface area contributed by atoms with Gasteiger partial charge in [0.1, 0.15) is 6.10 Å². The number of carbonyl (C=O) groups excluding carboxylic acids is 1. The molecular weight excluding hydrogens is 607 g/mol. The van der Waals surface area contributed by atoms with E-state index < -0.39 is 65.0 Å². The monoisotopic (exact) mass is 640 g/mol. The molecule has 0 bridgehead atoms. The summed E-state index contributed by atoms with van der Waals surface area (Å²) in [6, 6.07) is 0.135. The predicted octanol–water partition coefficient (Wildman–Crippen LogP) is 8.35. The van der Waals surface area contributed by atoms with Crippen molar-refractivity contribution in [3.05, 3.63) is 70.0 Å². The molecule has 1 N–H and O–H groups in total. The summed E-state index contributed by atoms with van der Waals surface area (Å²) in [6.45, 7) is 5.38. The fraction of sp³-hybridized carbons (Fsp3) is 0.567. The van der Waals surface area contributed by atoms with Gasteiger partial charge in [-0.25, -0.2) is 4.79 Å². The Kier molecular flexibility index (Phi) is 8.68. The van der Waals surface area contributed by atoms with E-state index in [-0.39, 0.29) is 23.7 Å². The molecule has 0 aromatic heterocycles. The summed E-state index contributed by atoms with van der Waals surface area (Å²) >= 11 is 0. The van der Waals surface area contributed by atoms with Crippen molar-refractivity contribution < 1.29 is 53.8 Å². The topological polar surface area (TPSA) is 50.8 Å². The smallest absolute Gasteiger partial charge is 0.426 e. The van der Waals surface area contributed by atoms with Gasteiger partial charge in [0.05, 0.1) is 22.9 Å². The molecule has 2 aliphatic carbocycles. The van der Waals surface area contributed by atoms with Gasteiger partial charge >= 0.3 is 24.6 Å². The van der Waals surface area contributed by atoms with Crippen LogP contribution in [0.5, 0.6) is 0 Å². The fourth-order valence-corrected chi connectivity index (χ4v) is 6.21. The number of allylic oxidation sites excluding steroid dienone is 3. The van der Waals surface area contributed by atoms with Crippen molar-refractivity contribution >= 4 is 6.09 Å². The van der Waals surface area contributed by atoms with Crippen molar-refractivity contribution in [1.29, 1.82) is 0 Å². The van der Waals surface area contributed by atoms with Crippen LogP contribution in [0.1, 0.15) is 62.8 Å². The minimum absolute atomic E-state index is 0.00554. The van der Waals surface area contributed by atoms with E-state index in [0.29, 0.717) is 31.4 Å². The van der Waals surface area contributed by atoms with Crippen LogP contribution < -0.4 is 5.32 Å². The molecule has 1 aromatic carbocycles. The molecule has 0 saturated carbocycles. The number of ether oxygens (including phenoxy) is 2. The number of benzene rings is 1. The van der Waals surface area contributed by atoms with Crippen LogP contribution in [-0.4, -0.2) is 49.5 Å². The minimum atomic E-state index is -5.07. The van der Waals surface area contributed by atoms with Crippen LogP contribution in [-0.2, 0) is 21.8 Å². The maximum atomic E-state index is 14.0. The first-order chi connectivity index (χ1) is 20.1. The van der Waals surface area contributed by atoms with Crippen molar-refractivity contribution in [3.8, 4) is 0 Å². The van der Waals surface area contributed by atoms with Gasteiger partial charge in [0.2, 0.25) is 5.60 Å². The second-order valence-corrected chi connectivity index (χ2v) is 12.1. The highest BCUT2D eigenvalue weighted by molar-refractivity contribution is 5.71. The third kappa shape index (κ3) is 6.32. The summed E-state index contributed by atoms with van der Waals surface area (Å²) in [5, 5.41) is 2.59. The number of methoxy groups -OCH3 is 1. The molecule has 1 amide bonds. The zero-order valence-electron chi connectivity index (χ0n) is 24.6. The summed E-state index contributed by atoms with van der Waals surface area (Å²) in [7, 11) is 2.30. The van der Waals surface area contributed by atoms with E-state index in [1.54, 1.807) is 0 Å². The van der Waals surface area contributed by atoms with E-state index in [1.165, 1.54) is 31.0 Å². The number of halogens is 9. The standard InChI is InChI=1S/C30H33F9N2O3/c1-16-24(18-10-20(28(31,32)33)13-21(11-18)29(34,35)36)44-25(42)41(16)15-19-14-26(2,3)8-7-22(19)17-6-9-27(43-5,30(37,38)39)23(12-17)40-4/h6,9-13,16-17,24,40H,7-8,14-15H2,1-5H3/t16-,17?,24-,27?/m0/s1. The number of amides is 1. The number of rotatable bonds is 6. The molecule has 44 heavy (non-hydrogen) atoms. The van der Waals surface area contributed by atoms with Gasteiger partial charge in [0, 0.05) is 26.6 Å². The van der Waals surface area contributed by atoms with Gasteiger partial charge in [0.15, 0.2) is 0 Å². The van der Waals surface area contributed by atoms with E-state index in [2.05, 4.69) is 5.32 Å². The van der Waals surface area contributed by atoms with Crippen molar-refractivity contribution in [2.24, 2.45) is 11.3 Å². The molecule has 4 rings (SSSR count). The summed E-state index contributed by atoms with van der Waals surface area (Å²) in [5.74, 6) is -0.586. The number of hydrogen-bond donors (Lipinski definition) is 1. The van der Waals surface area contributed by atoms with E-state index in [4.69, 9.17) is 9.47 Å². The highest BCUT2D eigenvalue weighted by Crippen LogP contribution is 2.48. The van der Waals surface area contributed by atoms with Gasteiger partial charge in [-0.3, -0.25) is 4.90 Å². The maximum absolute atomic E-state index is 14.0. The second-order valence-electron chi connectivity index (χ2n) is 12.1. The first-order valence-corrected chi connectivity index (χ1v) is 13.8. The zero-order chi connectivity index (χ0) is 33.0. The Hall–Kier alpha value is -3.16. The number of hydrogen-bond acceptors (Lipinski definition) is 4. The van der Waals surface area contributed by atoms with Crippen LogP contribution in [0.2, 0.25) is 0 Å². The molecule has 1 aliphatic heterocycles. The number of nitrogens with one attached hydrogen (secondary N) is 1. The van der Waals surface area contributed by atoms with Gasteiger partial charge < -0.3 is 14.8 Å². The lowest BCUT2D eigenvalue weighted by atomic mass is 9.70. The Labute approximate surface area is 248 Å². The Morgan fingerprint density at radius 1 is 1.02 bits per heavy atom. The molecule has 2 unspecified atom stereocenters. The van der Waals surface area contributed by atoms with Gasteiger partial charge in [0.25, 0.3) is 0 Å². The van der Waals surface area contributed by atoms with E-state index in [0.717, 1.165) is 24.3 Å². The Balaban J connectivity index is 1.71. The van der Waals surface area contributed by atoms with Crippen LogP contribution >= 0.6 is 0 Å². The number of carbonyl (C=O) groups is 1. The van der Waals surface area contributed by atoms with Crippen LogP contribution in [0.4, 0.5) is 44.3 Å². The average molecular weight is 641 g/mol. The highest BCUT2D eigenvalue weighted by Gasteiger charge is 2.57. The summed E-state index contributed by atoms with van der Waals surface area (Å²) < 4.78 is 133. The van der Waals surface area contributed by atoms with Crippen molar-refractivity contribution in [1.82, 2.24) is 10.2 Å². The molecule has 14 heteroatoms. The van der Waals surface area contributed by atoms with Gasteiger partial charge in [-0.05, 0) is 61.4 Å². The Morgan fingerprint density at radius 2 is 1.61 bits per heavy atom. The molecule has 4 atom stereocenters. The van der Waals surface area contributed by atoms with E-state index in [1.807, 2.05) is 13.8 Å². The van der Waals surface area contributed by atoms with E-state index >= 15 is 0 Å². The molecule has 1 heterocycles. The minimum Gasteiger partial charge on any atom is -0.439 e. The van der Waals surface area contributed by atoms with Crippen molar-refractivity contribution in [2.45, 2.75) is 76.3 Å². The average Bonchev–Trinajstić information content (AvgIpc) is 3.19. The highest BCUT2D eigenvalue weighted by atomic mass is 19.4. The maximum Gasteiger partial charge on any atom is 0.426 e. The van der Waals surface area contributed by atoms with E-state index in [9.17, 15) is 44.3 Å². The molecule has 3 aliphatic rings. The zero-order valence-corrected chi connectivity index (χ0v) is 24.6. The second kappa shape index (κ2) is 11.3. The summed E-state index contributed by atoms with van der Waals surface area (Å²) in [4.78, 5) is 14.3. The van der Waals surface area contributed by atoms with Crippen LogP contribution in [0.3, 0.4) is 0 Å². The number of alkyl halides is 9. The molecule has 1 saturated heterocycles. The van der Waals surface area contributed by atoms with Crippen LogP contribution in [0.25, 0.3) is 0 Å². The van der Waals surface area contributed by atoms with Crippen molar-refractivity contribution in [2.75, 3.05) is 20.7 Å². The van der Waals surface area contributed by atoms with Gasteiger partial charge in [-0.1, -0.05) is 37.1 Å². The molecule has 5 nitrogen and oxygen atoms in total. The van der Waals surface area contributed by atoms with Crippen LogP contribution in [0, 0.1) is 11.3 Å². The quantitative estimate of drug-likeness (QED) is 0.251. The Bertz CT molecular complexity index is 1340. The Morgan fingerprint density at radius 3 is 2.11 bits per heavy atom. The van der Waals surface area contributed by atoms with Crippen molar-refractivity contribution in [3.63, 3.8) is 0 Å². The summed E-state index contributed by atoms with van der Waals surface area (Å²) in [6.07, 6.45) is -11.9. The normalized spacial score (nSPS) is 27.9. The van der Waals surface area contributed by atoms with Gasteiger partial charge in [-0.15, -0.1) is 0 Å². The third-order valence-electron chi connectivity index (χ3n) is 8.61. The van der Waals surface area contributed by atoms with Crippen LogP contribution in [0.15, 0.2) is 53.3 Å². The summed E-state index contributed by atoms with van der Waals surface area (Å²) in [5.41, 5.74) is -5.14. The number of cyclic esters (lactones) is 1. The third-order valence-corrected chi connectivity index (χ3v) is 8.61. The molecular formula is C30H33F9N2O3. The predicted molar refractivity (Wildman–Crippen MR) is 142 cm³/mol. The molecule has 1 fully saturated rings. The number of likely N-dealkylation sites (N-methyl/N-ethyl adjacent to an activating group) is 1. The lowest BCUT2D eigenvalue weighted by Gasteiger charge is -2.40. The molecule has 1 aromatic rings. The first-order valence-electron chi connectivity index (χ1n) is 13.8. The SMILES string of the molecule is CNC1=CC(C2=C(CN3C(=O)O[C@H](c4cc(C(F)(F)F)cc(C(F)(F)F)c4)[C@@H]3C)CC(C)(C)CC2)C=CC1(OC)C(F)(F)F. The lowest BCUT2D eigenvalue weighted by molar-refractivity contribution is -0.236. The van der Waals surface area contributed by atoms with Gasteiger partial charge in [-0.2, -0.15) is 39.5 Å². The fourth-order valence-electron chi connectivity index (χ4n) is 6.21. The lowest BCUT2D eigenvalue weighted by Crippen LogP contribution is -2.51. The number of nitrogens with zero attached hydrogens (tertiary/aromatic N) is 1.